The van der Waals surface area contributed by atoms with Crippen molar-refractivity contribution in [3.8, 4) is 17.6 Å². The van der Waals surface area contributed by atoms with E-state index in [2.05, 4.69) is 36.1 Å². The Morgan fingerprint density at radius 1 is 1.17 bits per heavy atom. The molecule has 2 atom stereocenters. The number of alkyl carbamates (subject to hydrolysis) is 1. The Bertz CT molecular complexity index is 1250. The highest BCUT2D eigenvalue weighted by molar-refractivity contribution is 5.69. The van der Waals surface area contributed by atoms with Gasteiger partial charge in [-0.05, 0) is 46.8 Å². The first kappa shape index (κ1) is 26.1. The minimum absolute atomic E-state index is 0.0137. The monoisotopic (exact) mass is 497 g/mol. The number of hydrogen-bond donors (Lipinski definition) is 3. The van der Waals surface area contributed by atoms with Crippen LogP contribution < -0.4 is 20.7 Å². The normalized spacial score (nSPS) is 12.7. The molecule has 0 bridgehead atoms. The van der Waals surface area contributed by atoms with Gasteiger partial charge in [-0.25, -0.2) is 19.2 Å². The first-order chi connectivity index (χ1) is 17.0. The van der Waals surface area contributed by atoms with E-state index in [9.17, 15) is 14.4 Å². The van der Waals surface area contributed by atoms with Crippen molar-refractivity contribution in [2.45, 2.75) is 52.3 Å². The lowest BCUT2D eigenvalue weighted by molar-refractivity contribution is 0.0504. The molecule has 3 aromatic rings. The van der Waals surface area contributed by atoms with Crippen LogP contribution in [0.3, 0.4) is 0 Å². The fraction of sp³-hybridized carbons (Fsp3) is 0.391. The molecule has 3 heterocycles. The van der Waals surface area contributed by atoms with E-state index in [1.54, 1.807) is 40.7 Å². The van der Waals surface area contributed by atoms with Crippen LogP contribution in [0.5, 0.6) is 5.88 Å². The zero-order valence-electron chi connectivity index (χ0n) is 20.8. The van der Waals surface area contributed by atoms with E-state index in [-0.39, 0.29) is 23.1 Å². The Kier molecular flexibility index (Phi) is 7.88. The van der Waals surface area contributed by atoms with E-state index in [1.165, 1.54) is 30.5 Å². The van der Waals surface area contributed by atoms with Crippen LogP contribution in [0, 0.1) is 17.1 Å². The maximum absolute atomic E-state index is 14.7. The first-order valence-electron chi connectivity index (χ1n) is 11.0. The van der Waals surface area contributed by atoms with Gasteiger partial charge >= 0.3 is 6.09 Å². The quantitative estimate of drug-likeness (QED) is 0.421. The standard InChI is InChI=1S/C23H28FN9O3/c1-13(14(2)30-22(34)36-23(3,4)5)29-20-17(24)9-15(11-25)19(32-20)31-16-10-18(21(35-6)26-12-16)33-27-7-8-28-33/h7-10,12-14H,1-6H3,(H,30,34)(H2,29,31,32)/t13-,14+/m1/s1. The van der Waals surface area contributed by atoms with E-state index in [0.717, 1.165) is 6.07 Å². The summed E-state index contributed by atoms with van der Waals surface area (Å²) in [7, 11) is 1.47. The third kappa shape index (κ3) is 6.56. The van der Waals surface area contributed by atoms with Gasteiger partial charge in [-0.1, -0.05) is 0 Å². The van der Waals surface area contributed by atoms with Crippen LogP contribution in [0.1, 0.15) is 40.2 Å². The van der Waals surface area contributed by atoms with E-state index >= 15 is 0 Å². The number of nitrogens with zero attached hydrogens (tertiary/aromatic N) is 6. The maximum atomic E-state index is 14.7. The van der Waals surface area contributed by atoms with Crippen LogP contribution in [0.4, 0.5) is 26.5 Å². The van der Waals surface area contributed by atoms with Gasteiger partial charge in [0.2, 0.25) is 5.88 Å². The summed E-state index contributed by atoms with van der Waals surface area (Å²) in [4.78, 5) is 21.9. The maximum Gasteiger partial charge on any atom is 0.407 e. The van der Waals surface area contributed by atoms with Crippen molar-refractivity contribution < 1.29 is 18.7 Å². The smallest absolute Gasteiger partial charge is 0.407 e. The van der Waals surface area contributed by atoms with Crippen molar-refractivity contribution in [3.63, 3.8) is 0 Å². The molecule has 190 valence electrons. The van der Waals surface area contributed by atoms with Crippen LogP contribution in [0.25, 0.3) is 5.69 Å². The summed E-state index contributed by atoms with van der Waals surface area (Å²) < 4.78 is 25.3. The van der Waals surface area contributed by atoms with E-state index in [1.807, 2.05) is 6.07 Å². The number of methoxy groups -OCH3 is 1. The molecule has 0 aliphatic rings. The molecule has 0 spiro atoms. The minimum atomic E-state index is -0.720. The SMILES string of the molecule is COc1ncc(Nc2nc(N[C@H](C)[C@H](C)NC(=O)OC(C)(C)C)c(F)cc2C#N)cc1-n1nccn1. The Hall–Kier alpha value is -4.47. The highest BCUT2D eigenvalue weighted by Gasteiger charge is 2.22. The molecule has 0 fully saturated rings. The molecule has 0 saturated carbocycles. The number of nitriles is 1. The second-order valence-corrected chi connectivity index (χ2v) is 8.89. The number of halogens is 1. The fourth-order valence-electron chi connectivity index (χ4n) is 3.02. The molecule has 0 saturated heterocycles. The molecule has 0 radical (unpaired) electrons. The third-order valence-electron chi connectivity index (χ3n) is 4.88. The van der Waals surface area contributed by atoms with Gasteiger partial charge in [0, 0.05) is 12.1 Å². The van der Waals surface area contributed by atoms with Crippen molar-refractivity contribution in [1.29, 1.82) is 5.26 Å². The lowest BCUT2D eigenvalue weighted by Gasteiger charge is -2.26. The molecule has 0 unspecified atom stereocenters. The summed E-state index contributed by atoms with van der Waals surface area (Å²) in [5.74, 6) is -0.431. The predicted octanol–water partition coefficient (Wildman–Crippen LogP) is 3.53. The molecule has 3 rings (SSSR count). The number of rotatable bonds is 8. The zero-order valence-corrected chi connectivity index (χ0v) is 20.8. The first-order valence-corrected chi connectivity index (χ1v) is 11.0. The molecule has 3 N–H and O–H groups in total. The number of nitrogens with one attached hydrogen (secondary N) is 3. The van der Waals surface area contributed by atoms with E-state index in [0.29, 0.717) is 11.4 Å². The largest absolute Gasteiger partial charge is 0.479 e. The average molecular weight is 498 g/mol. The second-order valence-electron chi connectivity index (χ2n) is 8.89. The molecule has 13 heteroatoms. The van der Waals surface area contributed by atoms with Gasteiger partial charge in [0.15, 0.2) is 17.5 Å². The van der Waals surface area contributed by atoms with Gasteiger partial charge in [0.1, 0.15) is 17.4 Å². The molecular weight excluding hydrogens is 469 g/mol. The van der Waals surface area contributed by atoms with Crippen molar-refractivity contribution >= 4 is 23.4 Å². The minimum Gasteiger partial charge on any atom is -0.479 e. The summed E-state index contributed by atoms with van der Waals surface area (Å²) in [6.45, 7) is 8.78. The highest BCUT2D eigenvalue weighted by atomic mass is 19.1. The third-order valence-corrected chi connectivity index (χ3v) is 4.88. The molecule has 0 aromatic carbocycles. The molecule has 36 heavy (non-hydrogen) atoms. The van der Waals surface area contributed by atoms with Gasteiger partial charge in [-0.3, -0.25) is 0 Å². The predicted molar refractivity (Wildman–Crippen MR) is 130 cm³/mol. The Morgan fingerprint density at radius 3 is 2.47 bits per heavy atom. The molecule has 0 aliphatic heterocycles. The van der Waals surface area contributed by atoms with Crippen LogP contribution in [-0.2, 0) is 4.74 Å². The Balaban J connectivity index is 1.82. The summed E-state index contributed by atoms with van der Waals surface area (Å²) in [5, 5.41) is 26.3. The number of anilines is 3. The van der Waals surface area contributed by atoms with Crippen molar-refractivity contribution in [1.82, 2.24) is 30.3 Å². The van der Waals surface area contributed by atoms with Gasteiger partial charge in [-0.2, -0.15) is 15.5 Å². The lowest BCUT2D eigenvalue weighted by atomic mass is 10.1. The molecular formula is C23H28FN9O3. The zero-order chi connectivity index (χ0) is 26.5. The number of carbonyl (C=O) groups is 1. The average Bonchev–Trinajstić information content (AvgIpc) is 3.34. The molecule has 3 aromatic heterocycles. The fourth-order valence-corrected chi connectivity index (χ4v) is 3.02. The molecule has 1 amide bonds. The summed E-state index contributed by atoms with van der Waals surface area (Å²) in [6, 6.07) is 3.80. The van der Waals surface area contributed by atoms with E-state index in [4.69, 9.17) is 9.47 Å². The Morgan fingerprint density at radius 2 is 1.86 bits per heavy atom. The van der Waals surface area contributed by atoms with Gasteiger partial charge in [0.05, 0.1) is 37.0 Å². The number of hydrogen-bond acceptors (Lipinski definition) is 10. The van der Waals surface area contributed by atoms with Gasteiger partial charge in [0.25, 0.3) is 0 Å². The van der Waals surface area contributed by atoms with Gasteiger partial charge in [-0.15, -0.1) is 4.80 Å². The Labute approximate surface area is 207 Å². The van der Waals surface area contributed by atoms with Crippen LogP contribution >= 0.6 is 0 Å². The molecule has 0 aliphatic carbocycles. The number of ether oxygens (including phenoxy) is 2. The van der Waals surface area contributed by atoms with E-state index < -0.39 is 29.6 Å². The number of carbonyl (C=O) groups excluding carboxylic acids is 1. The topological polar surface area (TPSA) is 152 Å². The summed E-state index contributed by atoms with van der Waals surface area (Å²) in [5.41, 5.74) is 0.228. The summed E-state index contributed by atoms with van der Waals surface area (Å²) >= 11 is 0. The van der Waals surface area contributed by atoms with Crippen LogP contribution in [-0.4, -0.2) is 55.8 Å². The van der Waals surface area contributed by atoms with Crippen LogP contribution in [0.2, 0.25) is 0 Å². The molecule has 12 nitrogen and oxygen atoms in total. The van der Waals surface area contributed by atoms with Crippen LogP contribution in [0.15, 0.2) is 30.7 Å². The van der Waals surface area contributed by atoms with Crippen molar-refractivity contribution in [2.75, 3.05) is 17.7 Å². The second kappa shape index (κ2) is 10.9. The number of pyridine rings is 2. The highest BCUT2D eigenvalue weighted by Crippen LogP contribution is 2.27. The number of amides is 1. The van der Waals surface area contributed by atoms with Crippen molar-refractivity contribution in [3.05, 3.63) is 42.1 Å². The van der Waals surface area contributed by atoms with Gasteiger partial charge < -0.3 is 25.4 Å². The summed E-state index contributed by atoms with van der Waals surface area (Å²) in [6.07, 6.45) is 3.90. The van der Waals surface area contributed by atoms with Crippen molar-refractivity contribution in [2.24, 2.45) is 0 Å². The lowest BCUT2D eigenvalue weighted by Crippen LogP contribution is -2.45. The number of aromatic nitrogens is 5.